The number of nitrogens with zero attached hydrogens (tertiary/aromatic N) is 1. The Labute approximate surface area is 116 Å². The molecule has 0 aromatic carbocycles. The minimum absolute atomic E-state index is 0.117. The topological polar surface area (TPSA) is 43.4 Å². The van der Waals surface area contributed by atoms with E-state index in [0.29, 0.717) is 19.1 Å². The molecular weight excluding hydrogens is 240 g/mol. The fraction of sp³-hybridized carbons (Fsp3) is 0.667. The average molecular weight is 266 g/mol. The fourth-order valence-corrected chi connectivity index (χ4v) is 1.42. The number of hydrogen-bond donors (Lipinski definition) is 1. The highest BCUT2D eigenvalue weighted by atomic mass is 16.5. The number of ether oxygens (including phenoxy) is 2. The van der Waals surface area contributed by atoms with Gasteiger partial charge in [-0.25, -0.2) is 4.98 Å². The van der Waals surface area contributed by atoms with Crippen molar-refractivity contribution >= 4 is 0 Å². The molecule has 0 saturated carbocycles. The lowest BCUT2D eigenvalue weighted by Gasteiger charge is -2.20. The molecule has 0 aliphatic carbocycles. The van der Waals surface area contributed by atoms with E-state index in [2.05, 4.69) is 38.0 Å². The molecular formula is C15H26N2O2. The average Bonchev–Trinajstić information content (AvgIpc) is 2.37. The van der Waals surface area contributed by atoms with E-state index in [1.54, 1.807) is 0 Å². The molecule has 1 N–H and O–H groups in total. The zero-order valence-electron chi connectivity index (χ0n) is 12.5. The molecule has 1 aromatic rings. The van der Waals surface area contributed by atoms with Crippen molar-refractivity contribution in [1.82, 2.24) is 10.3 Å². The minimum Gasteiger partial charge on any atom is -0.475 e. The van der Waals surface area contributed by atoms with Crippen molar-refractivity contribution in [2.75, 3.05) is 19.8 Å². The summed E-state index contributed by atoms with van der Waals surface area (Å²) in [6.07, 6.45) is 2.88. The molecule has 0 radical (unpaired) electrons. The predicted molar refractivity (Wildman–Crippen MR) is 77.4 cm³/mol. The van der Waals surface area contributed by atoms with E-state index in [-0.39, 0.29) is 5.54 Å². The normalized spacial score (nSPS) is 11.6. The van der Waals surface area contributed by atoms with Crippen molar-refractivity contribution < 1.29 is 9.47 Å². The van der Waals surface area contributed by atoms with Crippen LogP contribution in [-0.4, -0.2) is 30.3 Å². The molecule has 4 nitrogen and oxygen atoms in total. The monoisotopic (exact) mass is 266 g/mol. The van der Waals surface area contributed by atoms with Crippen LogP contribution in [0, 0.1) is 0 Å². The first-order chi connectivity index (χ1) is 9.01. The van der Waals surface area contributed by atoms with Crippen LogP contribution >= 0.6 is 0 Å². The van der Waals surface area contributed by atoms with Crippen molar-refractivity contribution in [2.24, 2.45) is 0 Å². The second-order valence-electron chi connectivity index (χ2n) is 5.57. The van der Waals surface area contributed by atoms with Crippen LogP contribution in [0.15, 0.2) is 18.3 Å². The SMILES string of the molecule is CCCOCCOc1ccc(CNC(C)(C)C)cn1. The van der Waals surface area contributed by atoms with E-state index in [9.17, 15) is 0 Å². The Hall–Kier alpha value is -1.13. The standard InChI is InChI=1S/C15H26N2O2/c1-5-8-18-9-10-19-14-7-6-13(11-16-14)12-17-15(2,3)4/h6-7,11,17H,5,8-10,12H2,1-4H3. The zero-order valence-corrected chi connectivity index (χ0v) is 12.5. The van der Waals surface area contributed by atoms with Gasteiger partial charge in [0.1, 0.15) is 6.61 Å². The molecule has 0 saturated heterocycles. The third-order valence-electron chi connectivity index (χ3n) is 2.45. The molecule has 0 aliphatic heterocycles. The van der Waals surface area contributed by atoms with Crippen LogP contribution in [0.3, 0.4) is 0 Å². The molecule has 0 fully saturated rings. The zero-order chi connectivity index (χ0) is 14.1. The van der Waals surface area contributed by atoms with Gasteiger partial charge >= 0.3 is 0 Å². The van der Waals surface area contributed by atoms with Gasteiger partial charge in [-0.1, -0.05) is 13.0 Å². The summed E-state index contributed by atoms with van der Waals surface area (Å²) < 4.78 is 10.8. The van der Waals surface area contributed by atoms with E-state index in [0.717, 1.165) is 25.1 Å². The van der Waals surface area contributed by atoms with E-state index in [4.69, 9.17) is 9.47 Å². The first-order valence-corrected chi connectivity index (χ1v) is 6.92. The maximum Gasteiger partial charge on any atom is 0.213 e. The molecule has 0 bridgehead atoms. The first kappa shape index (κ1) is 15.9. The van der Waals surface area contributed by atoms with E-state index in [1.807, 2.05) is 18.3 Å². The number of nitrogens with one attached hydrogen (secondary N) is 1. The molecule has 0 spiro atoms. The van der Waals surface area contributed by atoms with Crippen LogP contribution in [0.2, 0.25) is 0 Å². The summed E-state index contributed by atoms with van der Waals surface area (Å²) in [6.45, 7) is 11.3. The van der Waals surface area contributed by atoms with Crippen molar-refractivity contribution in [3.05, 3.63) is 23.9 Å². The van der Waals surface area contributed by atoms with E-state index in [1.165, 1.54) is 0 Å². The number of aromatic nitrogens is 1. The number of hydrogen-bond acceptors (Lipinski definition) is 4. The molecule has 0 atom stereocenters. The summed E-state index contributed by atoms with van der Waals surface area (Å²) in [6, 6.07) is 3.94. The molecule has 108 valence electrons. The van der Waals surface area contributed by atoms with Gasteiger partial charge in [0.25, 0.3) is 0 Å². The van der Waals surface area contributed by atoms with Gasteiger partial charge in [-0.05, 0) is 32.8 Å². The highest BCUT2D eigenvalue weighted by molar-refractivity contribution is 5.17. The summed E-state index contributed by atoms with van der Waals surface area (Å²) >= 11 is 0. The third-order valence-corrected chi connectivity index (χ3v) is 2.45. The van der Waals surface area contributed by atoms with Gasteiger partial charge in [0.15, 0.2) is 0 Å². The molecule has 4 heteroatoms. The van der Waals surface area contributed by atoms with Gasteiger partial charge in [0, 0.05) is 31.0 Å². The quantitative estimate of drug-likeness (QED) is 0.735. The van der Waals surface area contributed by atoms with Crippen molar-refractivity contribution in [2.45, 2.75) is 46.2 Å². The molecule has 1 rings (SSSR count). The van der Waals surface area contributed by atoms with Gasteiger partial charge in [0.2, 0.25) is 5.88 Å². The summed E-state index contributed by atoms with van der Waals surface area (Å²) in [7, 11) is 0. The van der Waals surface area contributed by atoms with Crippen LogP contribution in [0.1, 0.15) is 39.7 Å². The van der Waals surface area contributed by atoms with Gasteiger partial charge in [-0.3, -0.25) is 0 Å². The van der Waals surface area contributed by atoms with Gasteiger partial charge in [0.05, 0.1) is 6.61 Å². The van der Waals surface area contributed by atoms with Crippen molar-refractivity contribution in [3.8, 4) is 5.88 Å². The lowest BCUT2D eigenvalue weighted by Crippen LogP contribution is -2.35. The Morgan fingerprint density at radius 2 is 1.95 bits per heavy atom. The second-order valence-corrected chi connectivity index (χ2v) is 5.57. The number of pyridine rings is 1. The molecule has 0 amide bonds. The van der Waals surface area contributed by atoms with E-state index >= 15 is 0 Å². The van der Waals surface area contributed by atoms with Crippen LogP contribution in [0.5, 0.6) is 5.88 Å². The lowest BCUT2D eigenvalue weighted by molar-refractivity contribution is 0.0990. The molecule has 1 aromatic heterocycles. The predicted octanol–water partition coefficient (Wildman–Crippen LogP) is 2.78. The third kappa shape index (κ3) is 7.80. The highest BCUT2D eigenvalue weighted by Gasteiger charge is 2.08. The molecule has 0 unspecified atom stereocenters. The van der Waals surface area contributed by atoms with Crippen molar-refractivity contribution in [1.29, 1.82) is 0 Å². The minimum atomic E-state index is 0.117. The molecule has 0 aliphatic rings. The highest BCUT2D eigenvalue weighted by Crippen LogP contribution is 2.09. The smallest absolute Gasteiger partial charge is 0.213 e. The van der Waals surface area contributed by atoms with Crippen molar-refractivity contribution in [3.63, 3.8) is 0 Å². The van der Waals surface area contributed by atoms with Gasteiger partial charge in [-0.15, -0.1) is 0 Å². The Morgan fingerprint density at radius 3 is 2.53 bits per heavy atom. The van der Waals surface area contributed by atoms with E-state index < -0.39 is 0 Å². The Morgan fingerprint density at radius 1 is 1.16 bits per heavy atom. The molecule has 1 heterocycles. The van der Waals surface area contributed by atoms with Gasteiger partial charge < -0.3 is 14.8 Å². The Balaban J connectivity index is 2.27. The van der Waals surface area contributed by atoms with Gasteiger partial charge in [-0.2, -0.15) is 0 Å². The fourth-order valence-electron chi connectivity index (χ4n) is 1.42. The second kappa shape index (κ2) is 8.12. The summed E-state index contributed by atoms with van der Waals surface area (Å²) in [4.78, 5) is 4.28. The summed E-state index contributed by atoms with van der Waals surface area (Å²) in [5.74, 6) is 0.652. The largest absolute Gasteiger partial charge is 0.475 e. The maximum absolute atomic E-state index is 5.50. The maximum atomic E-state index is 5.50. The summed E-state index contributed by atoms with van der Waals surface area (Å²) in [5, 5.41) is 3.42. The van der Waals surface area contributed by atoms with Crippen LogP contribution in [0.4, 0.5) is 0 Å². The molecule has 19 heavy (non-hydrogen) atoms. The Kier molecular flexibility index (Phi) is 6.81. The Bertz CT molecular complexity index is 344. The van der Waals surface area contributed by atoms with Crippen LogP contribution in [-0.2, 0) is 11.3 Å². The first-order valence-electron chi connectivity index (χ1n) is 6.92. The van der Waals surface area contributed by atoms with Crippen LogP contribution < -0.4 is 10.1 Å². The summed E-state index contributed by atoms with van der Waals surface area (Å²) in [5.41, 5.74) is 1.27. The van der Waals surface area contributed by atoms with Crippen LogP contribution in [0.25, 0.3) is 0 Å². The lowest BCUT2D eigenvalue weighted by atomic mass is 10.1. The number of rotatable bonds is 8.